The van der Waals surface area contributed by atoms with Gasteiger partial charge >= 0.3 is 0 Å². The molecule has 1 aromatic carbocycles. The van der Waals surface area contributed by atoms with Gasteiger partial charge in [0.1, 0.15) is 0 Å². The van der Waals surface area contributed by atoms with Crippen LogP contribution in [0.4, 0.5) is 5.69 Å². The van der Waals surface area contributed by atoms with Crippen molar-refractivity contribution in [1.29, 1.82) is 0 Å². The number of benzene rings is 1. The Morgan fingerprint density at radius 3 is 2.42 bits per heavy atom. The molecular formula is C18H22N4O4. The lowest BCUT2D eigenvalue weighted by molar-refractivity contribution is -0.138. The van der Waals surface area contributed by atoms with Crippen LogP contribution >= 0.6 is 0 Å². The second-order valence-electron chi connectivity index (χ2n) is 6.40. The van der Waals surface area contributed by atoms with Crippen molar-refractivity contribution >= 4 is 29.3 Å². The summed E-state index contributed by atoms with van der Waals surface area (Å²) in [4.78, 5) is 49.5. The summed E-state index contributed by atoms with van der Waals surface area (Å²) in [6.45, 7) is 2.28. The second-order valence-corrected chi connectivity index (χ2v) is 6.40. The van der Waals surface area contributed by atoms with E-state index in [1.165, 1.54) is 0 Å². The van der Waals surface area contributed by atoms with Crippen molar-refractivity contribution in [3.05, 3.63) is 29.8 Å². The SMILES string of the molecule is O=C(CCN1C(=O)CCC1=O)NCc1ccc(N2CCNC(=O)C2)cc1. The summed E-state index contributed by atoms with van der Waals surface area (Å²) in [6, 6.07) is 7.69. The van der Waals surface area contributed by atoms with E-state index in [2.05, 4.69) is 10.6 Å². The largest absolute Gasteiger partial charge is 0.360 e. The Morgan fingerprint density at radius 1 is 1.08 bits per heavy atom. The van der Waals surface area contributed by atoms with Crippen LogP contribution in [-0.4, -0.2) is 54.7 Å². The van der Waals surface area contributed by atoms with E-state index in [0.717, 1.165) is 22.7 Å². The van der Waals surface area contributed by atoms with Crippen molar-refractivity contribution in [1.82, 2.24) is 15.5 Å². The molecule has 0 aromatic heterocycles. The van der Waals surface area contributed by atoms with Gasteiger partial charge in [0.15, 0.2) is 0 Å². The van der Waals surface area contributed by atoms with Crippen LogP contribution in [0.15, 0.2) is 24.3 Å². The van der Waals surface area contributed by atoms with E-state index < -0.39 is 0 Å². The smallest absolute Gasteiger partial charge is 0.239 e. The van der Waals surface area contributed by atoms with Crippen molar-refractivity contribution in [3.8, 4) is 0 Å². The lowest BCUT2D eigenvalue weighted by Gasteiger charge is -2.28. The first kappa shape index (κ1) is 17.9. The van der Waals surface area contributed by atoms with Crippen LogP contribution < -0.4 is 15.5 Å². The summed E-state index contributed by atoms with van der Waals surface area (Å²) >= 11 is 0. The molecule has 8 heteroatoms. The summed E-state index contributed by atoms with van der Waals surface area (Å²) in [7, 11) is 0. The van der Waals surface area contributed by atoms with E-state index in [-0.39, 0.29) is 49.4 Å². The molecule has 2 aliphatic rings. The third kappa shape index (κ3) is 4.38. The molecule has 4 amide bonds. The Hall–Kier alpha value is -2.90. The zero-order chi connectivity index (χ0) is 18.5. The van der Waals surface area contributed by atoms with Gasteiger partial charge in [-0.1, -0.05) is 12.1 Å². The highest BCUT2D eigenvalue weighted by Gasteiger charge is 2.28. The van der Waals surface area contributed by atoms with Gasteiger partial charge in [0, 0.05) is 51.1 Å². The average Bonchev–Trinajstić information content (AvgIpc) is 2.96. The van der Waals surface area contributed by atoms with Crippen LogP contribution in [0.5, 0.6) is 0 Å². The fourth-order valence-corrected chi connectivity index (χ4v) is 3.06. The van der Waals surface area contributed by atoms with E-state index in [0.29, 0.717) is 19.6 Å². The van der Waals surface area contributed by atoms with Crippen LogP contribution in [-0.2, 0) is 25.7 Å². The number of nitrogens with zero attached hydrogens (tertiary/aromatic N) is 2. The molecule has 2 heterocycles. The normalized spacial score (nSPS) is 17.5. The number of piperazine rings is 1. The average molecular weight is 358 g/mol. The number of amides is 4. The summed E-state index contributed by atoms with van der Waals surface area (Å²) in [5, 5.41) is 5.58. The first-order valence-electron chi connectivity index (χ1n) is 8.73. The molecule has 2 saturated heterocycles. The zero-order valence-electron chi connectivity index (χ0n) is 14.5. The predicted octanol–water partition coefficient (Wildman–Crippen LogP) is -0.222. The lowest BCUT2D eigenvalue weighted by atomic mass is 10.1. The van der Waals surface area contributed by atoms with Gasteiger partial charge in [-0.15, -0.1) is 0 Å². The van der Waals surface area contributed by atoms with Crippen molar-refractivity contribution in [3.63, 3.8) is 0 Å². The van der Waals surface area contributed by atoms with Crippen LogP contribution in [0, 0.1) is 0 Å². The fraction of sp³-hybridized carbons (Fsp3) is 0.444. The summed E-state index contributed by atoms with van der Waals surface area (Å²) in [5.41, 5.74) is 1.91. The number of anilines is 1. The van der Waals surface area contributed by atoms with Gasteiger partial charge in [-0.25, -0.2) is 0 Å². The molecule has 2 aliphatic heterocycles. The third-order valence-corrected chi connectivity index (χ3v) is 4.55. The highest BCUT2D eigenvalue weighted by atomic mass is 16.2. The quantitative estimate of drug-likeness (QED) is 0.685. The van der Waals surface area contributed by atoms with Crippen molar-refractivity contribution in [2.75, 3.05) is 31.1 Å². The Bertz CT molecular complexity index is 700. The Kier molecular flexibility index (Phi) is 5.50. The predicted molar refractivity (Wildman–Crippen MR) is 94.1 cm³/mol. The van der Waals surface area contributed by atoms with Crippen LogP contribution in [0.2, 0.25) is 0 Å². The molecule has 0 radical (unpaired) electrons. The highest BCUT2D eigenvalue weighted by molar-refractivity contribution is 6.02. The number of carbonyl (C=O) groups is 4. The van der Waals surface area contributed by atoms with Crippen molar-refractivity contribution in [2.45, 2.75) is 25.8 Å². The molecule has 1 aromatic rings. The third-order valence-electron chi connectivity index (χ3n) is 4.55. The summed E-state index contributed by atoms with van der Waals surface area (Å²) in [6.07, 6.45) is 0.593. The molecule has 0 atom stereocenters. The molecule has 2 N–H and O–H groups in total. The minimum absolute atomic E-state index is 0.0163. The molecule has 0 aliphatic carbocycles. The van der Waals surface area contributed by atoms with E-state index in [1.54, 1.807) is 0 Å². The first-order valence-corrected chi connectivity index (χ1v) is 8.73. The number of likely N-dealkylation sites (tertiary alicyclic amines) is 1. The zero-order valence-corrected chi connectivity index (χ0v) is 14.5. The molecule has 0 saturated carbocycles. The number of carbonyl (C=O) groups excluding carboxylic acids is 4. The number of rotatable bonds is 6. The Balaban J connectivity index is 1.44. The molecule has 0 spiro atoms. The lowest BCUT2D eigenvalue weighted by Crippen LogP contribution is -2.47. The van der Waals surface area contributed by atoms with Gasteiger partial charge in [-0.2, -0.15) is 0 Å². The van der Waals surface area contributed by atoms with Gasteiger partial charge in [-0.3, -0.25) is 24.1 Å². The highest BCUT2D eigenvalue weighted by Crippen LogP contribution is 2.16. The molecule has 0 unspecified atom stereocenters. The van der Waals surface area contributed by atoms with E-state index in [1.807, 2.05) is 29.2 Å². The van der Waals surface area contributed by atoms with E-state index in [9.17, 15) is 19.2 Å². The van der Waals surface area contributed by atoms with Crippen molar-refractivity contribution < 1.29 is 19.2 Å². The number of imide groups is 1. The molecule has 3 rings (SSSR count). The maximum atomic E-state index is 11.9. The molecule has 138 valence electrons. The number of hydrogen-bond acceptors (Lipinski definition) is 5. The van der Waals surface area contributed by atoms with Gasteiger partial charge in [0.2, 0.25) is 23.6 Å². The Morgan fingerprint density at radius 2 is 1.77 bits per heavy atom. The topological polar surface area (TPSA) is 98.8 Å². The standard InChI is InChI=1S/C18H22N4O4/c23-15(7-9-22-17(25)5-6-18(22)26)20-11-13-1-3-14(4-2-13)21-10-8-19-16(24)12-21/h1-4H,5-12H2,(H,19,24)(H,20,23). The van der Waals surface area contributed by atoms with Gasteiger partial charge in [0.05, 0.1) is 6.54 Å². The summed E-state index contributed by atoms with van der Waals surface area (Å²) < 4.78 is 0. The molecule has 26 heavy (non-hydrogen) atoms. The molecule has 0 bridgehead atoms. The molecule has 8 nitrogen and oxygen atoms in total. The maximum absolute atomic E-state index is 11.9. The van der Waals surface area contributed by atoms with Crippen molar-refractivity contribution in [2.24, 2.45) is 0 Å². The van der Waals surface area contributed by atoms with Crippen LogP contribution in [0.25, 0.3) is 0 Å². The van der Waals surface area contributed by atoms with E-state index >= 15 is 0 Å². The van der Waals surface area contributed by atoms with E-state index in [4.69, 9.17) is 0 Å². The molecular weight excluding hydrogens is 336 g/mol. The van der Waals surface area contributed by atoms with Gasteiger partial charge in [-0.05, 0) is 17.7 Å². The van der Waals surface area contributed by atoms with Gasteiger partial charge < -0.3 is 15.5 Å². The van der Waals surface area contributed by atoms with Gasteiger partial charge in [0.25, 0.3) is 0 Å². The maximum Gasteiger partial charge on any atom is 0.239 e. The number of hydrogen-bond donors (Lipinski definition) is 2. The fourth-order valence-electron chi connectivity index (χ4n) is 3.06. The minimum atomic E-state index is -0.204. The van der Waals surface area contributed by atoms with Crippen LogP contribution in [0.3, 0.4) is 0 Å². The Labute approximate surface area is 151 Å². The first-order chi connectivity index (χ1) is 12.5. The second kappa shape index (κ2) is 7.99. The van der Waals surface area contributed by atoms with Crippen LogP contribution in [0.1, 0.15) is 24.8 Å². The summed E-state index contributed by atoms with van der Waals surface area (Å²) in [5.74, 6) is -0.591. The molecule has 2 fully saturated rings. The monoisotopic (exact) mass is 358 g/mol. The minimum Gasteiger partial charge on any atom is -0.360 e. The number of nitrogens with one attached hydrogen (secondary N) is 2.